The Kier molecular flexibility index (Phi) is 5.09. The molecule has 1 atom stereocenters. The molecule has 20 heavy (non-hydrogen) atoms. The first-order valence-corrected chi connectivity index (χ1v) is 6.57. The van der Waals surface area contributed by atoms with Gasteiger partial charge in [-0.15, -0.1) is 0 Å². The van der Waals surface area contributed by atoms with Crippen molar-refractivity contribution in [1.82, 2.24) is 10.4 Å². The summed E-state index contributed by atoms with van der Waals surface area (Å²) in [5.74, 6) is -1.87. The summed E-state index contributed by atoms with van der Waals surface area (Å²) >= 11 is 0. The lowest BCUT2D eigenvalue weighted by atomic mass is 9.97. The van der Waals surface area contributed by atoms with Crippen LogP contribution >= 0.6 is 0 Å². The minimum atomic E-state index is -0.916. The van der Waals surface area contributed by atoms with Gasteiger partial charge in [-0.3, -0.25) is 14.8 Å². The number of hydroxylamine groups is 1. The molecular weight excluding hydrogens is 260 g/mol. The summed E-state index contributed by atoms with van der Waals surface area (Å²) in [5.41, 5.74) is 2.47. The highest BCUT2D eigenvalue weighted by molar-refractivity contribution is 6.00. The number of rotatable bonds is 4. The van der Waals surface area contributed by atoms with Crippen LogP contribution in [0, 0.1) is 5.92 Å². The van der Waals surface area contributed by atoms with Crippen molar-refractivity contribution in [2.24, 2.45) is 5.92 Å². The van der Waals surface area contributed by atoms with E-state index >= 15 is 0 Å². The largest absolute Gasteiger partial charge is 0.378 e. The van der Waals surface area contributed by atoms with E-state index < -0.39 is 11.8 Å². The molecule has 1 saturated heterocycles. The zero-order chi connectivity index (χ0) is 14.4. The maximum Gasteiger partial charge on any atom is 0.256 e. The van der Waals surface area contributed by atoms with Crippen LogP contribution in [-0.2, 0) is 20.7 Å². The van der Waals surface area contributed by atoms with Crippen molar-refractivity contribution in [1.29, 1.82) is 0 Å². The van der Waals surface area contributed by atoms with Crippen LogP contribution in [0.25, 0.3) is 0 Å². The van der Waals surface area contributed by atoms with E-state index in [4.69, 9.17) is 9.94 Å². The maximum atomic E-state index is 12.4. The van der Waals surface area contributed by atoms with E-state index in [0.717, 1.165) is 5.56 Å². The first-order valence-electron chi connectivity index (χ1n) is 6.57. The van der Waals surface area contributed by atoms with Crippen LogP contribution in [0.2, 0.25) is 0 Å². The van der Waals surface area contributed by atoms with Gasteiger partial charge in [-0.25, -0.2) is 5.48 Å². The van der Waals surface area contributed by atoms with Crippen LogP contribution in [-0.4, -0.2) is 48.2 Å². The summed E-state index contributed by atoms with van der Waals surface area (Å²) in [5, 5.41) is 8.84. The van der Waals surface area contributed by atoms with Crippen molar-refractivity contribution in [2.75, 3.05) is 26.3 Å². The number of ether oxygens (including phenoxy) is 1. The molecule has 1 heterocycles. The summed E-state index contributed by atoms with van der Waals surface area (Å²) in [6, 6.07) is 9.27. The summed E-state index contributed by atoms with van der Waals surface area (Å²) in [7, 11) is 0. The molecule has 1 fully saturated rings. The van der Waals surface area contributed by atoms with Gasteiger partial charge in [0.05, 0.1) is 13.2 Å². The van der Waals surface area contributed by atoms with Crippen LogP contribution < -0.4 is 5.48 Å². The molecule has 2 N–H and O–H groups in total. The van der Waals surface area contributed by atoms with Gasteiger partial charge < -0.3 is 9.64 Å². The number of nitrogens with one attached hydrogen (secondary N) is 1. The van der Waals surface area contributed by atoms with E-state index in [-0.39, 0.29) is 12.3 Å². The van der Waals surface area contributed by atoms with Crippen molar-refractivity contribution in [3.8, 4) is 0 Å². The van der Waals surface area contributed by atoms with E-state index in [2.05, 4.69) is 0 Å². The molecule has 0 radical (unpaired) electrons. The zero-order valence-electron chi connectivity index (χ0n) is 11.1. The second kappa shape index (κ2) is 7.02. The number of carbonyl (C=O) groups is 2. The number of hydrogen-bond acceptors (Lipinski definition) is 4. The van der Waals surface area contributed by atoms with Crippen molar-refractivity contribution in [2.45, 2.75) is 6.42 Å². The van der Waals surface area contributed by atoms with E-state index in [1.807, 2.05) is 30.3 Å². The third-order valence-electron chi connectivity index (χ3n) is 3.33. The second-order valence-electron chi connectivity index (χ2n) is 4.66. The molecule has 6 nitrogen and oxygen atoms in total. The average Bonchev–Trinajstić information content (AvgIpc) is 2.53. The summed E-state index contributed by atoms with van der Waals surface area (Å²) in [4.78, 5) is 25.8. The smallest absolute Gasteiger partial charge is 0.256 e. The van der Waals surface area contributed by atoms with Gasteiger partial charge in [-0.05, 0) is 12.0 Å². The quantitative estimate of drug-likeness (QED) is 0.469. The van der Waals surface area contributed by atoms with Gasteiger partial charge in [0.15, 0.2) is 0 Å². The molecule has 0 spiro atoms. The molecule has 1 aliphatic rings. The minimum absolute atomic E-state index is 0.267. The molecule has 2 rings (SSSR count). The molecule has 6 heteroatoms. The molecule has 1 aromatic carbocycles. The number of hydrogen-bond donors (Lipinski definition) is 2. The minimum Gasteiger partial charge on any atom is -0.378 e. The van der Waals surface area contributed by atoms with Gasteiger partial charge >= 0.3 is 0 Å². The van der Waals surface area contributed by atoms with Crippen LogP contribution in [0.15, 0.2) is 30.3 Å². The second-order valence-corrected chi connectivity index (χ2v) is 4.66. The van der Waals surface area contributed by atoms with E-state index in [1.54, 1.807) is 10.4 Å². The van der Waals surface area contributed by atoms with Gasteiger partial charge in [0.2, 0.25) is 5.91 Å². The summed E-state index contributed by atoms with van der Waals surface area (Å²) < 4.78 is 5.19. The number of morpholine rings is 1. The van der Waals surface area contributed by atoms with Gasteiger partial charge in [-0.1, -0.05) is 30.3 Å². The molecule has 1 aromatic rings. The molecule has 0 saturated carbocycles. The molecule has 1 aliphatic heterocycles. The Bertz CT molecular complexity index is 458. The van der Waals surface area contributed by atoms with Gasteiger partial charge in [-0.2, -0.15) is 0 Å². The Morgan fingerprint density at radius 1 is 1.25 bits per heavy atom. The van der Waals surface area contributed by atoms with E-state index in [9.17, 15) is 9.59 Å². The Morgan fingerprint density at radius 2 is 1.90 bits per heavy atom. The van der Waals surface area contributed by atoms with Crippen molar-refractivity contribution in [3.05, 3.63) is 35.9 Å². The molecule has 0 aromatic heterocycles. The van der Waals surface area contributed by atoms with Gasteiger partial charge in [0, 0.05) is 13.1 Å². The van der Waals surface area contributed by atoms with Crippen molar-refractivity contribution >= 4 is 11.8 Å². The standard InChI is InChI=1S/C14H18N2O4/c17-13(15-19)12(10-11-4-2-1-3-5-11)14(18)16-6-8-20-9-7-16/h1-5,12,19H,6-10H2,(H,15,17)/t12-/m1/s1. The highest BCUT2D eigenvalue weighted by Gasteiger charge is 2.31. The van der Waals surface area contributed by atoms with Crippen molar-refractivity contribution < 1.29 is 19.5 Å². The maximum absolute atomic E-state index is 12.4. The number of amides is 2. The highest BCUT2D eigenvalue weighted by Crippen LogP contribution is 2.13. The van der Waals surface area contributed by atoms with E-state index in [1.165, 1.54) is 0 Å². The van der Waals surface area contributed by atoms with Crippen LogP contribution in [0.1, 0.15) is 5.56 Å². The Morgan fingerprint density at radius 3 is 2.50 bits per heavy atom. The fourth-order valence-corrected chi connectivity index (χ4v) is 2.22. The SMILES string of the molecule is O=C(NO)[C@@H](Cc1ccccc1)C(=O)N1CCOCC1. The van der Waals surface area contributed by atoms with Crippen molar-refractivity contribution in [3.63, 3.8) is 0 Å². The average molecular weight is 278 g/mol. The zero-order valence-corrected chi connectivity index (χ0v) is 11.1. The fraction of sp³-hybridized carbons (Fsp3) is 0.429. The number of carbonyl (C=O) groups excluding carboxylic acids is 2. The molecule has 2 amide bonds. The summed E-state index contributed by atoms with van der Waals surface area (Å²) in [6.07, 6.45) is 0.267. The third-order valence-corrected chi connectivity index (χ3v) is 3.33. The Hall–Kier alpha value is -1.92. The predicted octanol–water partition coefficient (Wildman–Crippen LogP) is 0.209. The summed E-state index contributed by atoms with van der Waals surface area (Å²) in [6.45, 7) is 1.90. The molecular formula is C14H18N2O4. The normalized spacial score (nSPS) is 16.6. The topological polar surface area (TPSA) is 78.9 Å². The predicted molar refractivity (Wildman–Crippen MR) is 71.0 cm³/mol. The monoisotopic (exact) mass is 278 g/mol. The van der Waals surface area contributed by atoms with Crippen LogP contribution in [0.4, 0.5) is 0 Å². The molecule has 108 valence electrons. The first kappa shape index (κ1) is 14.5. The van der Waals surface area contributed by atoms with Crippen LogP contribution in [0.3, 0.4) is 0 Å². The highest BCUT2D eigenvalue weighted by atomic mass is 16.5. The van der Waals surface area contributed by atoms with Gasteiger partial charge in [0.25, 0.3) is 5.91 Å². The number of benzene rings is 1. The number of nitrogens with zero attached hydrogens (tertiary/aromatic N) is 1. The first-order chi connectivity index (χ1) is 9.72. The lowest BCUT2D eigenvalue weighted by Crippen LogP contribution is -2.48. The fourth-order valence-electron chi connectivity index (χ4n) is 2.22. The lowest BCUT2D eigenvalue weighted by molar-refractivity contribution is -0.148. The van der Waals surface area contributed by atoms with E-state index in [0.29, 0.717) is 26.3 Å². The molecule has 0 aliphatic carbocycles. The van der Waals surface area contributed by atoms with Gasteiger partial charge in [0.1, 0.15) is 5.92 Å². The lowest BCUT2D eigenvalue weighted by Gasteiger charge is -2.29. The molecule has 0 bridgehead atoms. The Labute approximate surface area is 117 Å². The Balaban J connectivity index is 2.10. The molecule has 0 unspecified atom stereocenters. The third kappa shape index (κ3) is 3.55. The van der Waals surface area contributed by atoms with Crippen LogP contribution in [0.5, 0.6) is 0 Å².